The molecule has 0 aliphatic carbocycles. The Labute approximate surface area is 172 Å². The van der Waals surface area contributed by atoms with Crippen LogP contribution in [0.25, 0.3) is 0 Å². The number of nitrogens with one attached hydrogen (secondary N) is 3. The van der Waals surface area contributed by atoms with E-state index in [-0.39, 0.29) is 5.91 Å². The van der Waals surface area contributed by atoms with Crippen molar-refractivity contribution >= 4 is 46.1 Å². The van der Waals surface area contributed by atoms with Gasteiger partial charge in [-0.2, -0.15) is 4.98 Å². The summed E-state index contributed by atoms with van der Waals surface area (Å²) in [5.74, 6) is 1.10. The van der Waals surface area contributed by atoms with E-state index in [4.69, 9.17) is 0 Å². The van der Waals surface area contributed by atoms with Gasteiger partial charge in [0.15, 0.2) is 0 Å². The number of rotatable bonds is 6. The predicted octanol–water partition coefficient (Wildman–Crippen LogP) is 5.59. The first-order valence-electron chi connectivity index (χ1n) is 9.05. The molecule has 0 saturated heterocycles. The minimum Gasteiger partial charge on any atom is -0.340 e. The van der Waals surface area contributed by atoms with E-state index in [0.717, 1.165) is 22.8 Å². The molecule has 0 saturated carbocycles. The number of aromatic nitrogens is 2. The van der Waals surface area contributed by atoms with Crippen LogP contribution in [0.1, 0.15) is 15.4 Å². The van der Waals surface area contributed by atoms with E-state index in [9.17, 15) is 4.79 Å². The first-order chi connectivity index (χ1) is 14.2. The van der Waals surface area contributed by atoms with E-state index in [1.165, 1.54) is 11.3 Å². The molecule has 0 aliphatic heterocycles. The molecule has 7 heteroatoms. The quantitative estimate of drug-likeness (QED) is 0.393. The predicted molar refractivity (Wildman–Crippen MR) is 118 cm³/mol. The molecule has 4 aromatic rings. The number of hydrogen-bond donors (Lipinski definition) is 3. The smallest absolute Gasteiger partial charge is 0.265 e. The number of thiophene rings is 1. The highest BCUT2D eigenvalue weighted by Gasteiger charge is 2.07. The van der Waals surface area contributed by atoms with Gasteiger partial charge in [0.25, 0.3) is 5.91 Å². The number of hydrogen-bond acceptors (Lipinski definition) is 6. The van der Waals surface area contributed by atoms with E-state index in [1.54, 1.807) is 6.07 Å². The summed E-state index contributed by atoms with van der Waals surface area (Å²) in [6.45, 7) is 1.92. The molecule has 0 spiro atoms. The van der Waals surface area contributed by atoms with Crippen molar-refractivity contribution in [1.29, 1.82) is 0 Å². The Morgan fingerprint density at radius 3 is 2.28 bits per heavy atom. The minimum absolute atomic E-state index is 0.112. The summed E-state index contributed by atoms with van der Waals surface area (Å²) in [7, 11) is 0. The number of carbonyl (C=O) groups is 1. The van der Waals surface area contributed by atoms with Gasteiger partial charge in [-0.05, 0) is 54.8 Å². The standard InChI is InChI=1S/C22H19N5OS/c1-15-14-20(24-16-6-3-2-4-7-16)27-22(23-15)26-18-11-9-17(10-12-18)25-21(28)19-8-5-13-29-19/h2-14H,1H3,(H,25,28)(H2,23,24,26,27). The van der Waals surface area contributed by atoms with Crippen LogP contribution in [0.2, 0.25) is 0 Å². The summed E-state index contributed by atoms with van der Waals surface area (Å²) in [5.41, 5.74) is 3.36. The third kappa shape index (κ3) is 4.97. The normalized spacial score (nSPS) is 10.4. The zero-order valence-electron chi connectivity index (χ0n) is 15.7. The van der Waals surface area contributed by atoms with Gasteiger partial charge >= 0.3 is 0 Å². The maximum atomic E-state index is 12.1. The van der Waals surface area contributed by atoms with Gasteiger partial charge in [-0.25, -0.2) is 4.98 Å². The van der Waals surface area contributed by atoms with Crippen LogP contribution in [0.3, 0.4) is 0 Å². The van der Waals surface area contributed by atoms with Crippen LogP contribution in [-0.2, 0) is 0 Å². The molecule has 144 valence electrons. The molecule has 0 aliphatic rings. The van der Waals surface area contributed by atoms with Crippen molar-refractivity contribution in [2.75, 3.05) is 16.0 Å². The van der Waals surface area contributed by atoms with Crippen molar-refractivity contribution in [3.05, 3.63) is 88.7 Å². The lowest BCUT2D eigenvalue weighted by Crippen LogP contribution is -2.09. The summed E-state index contributed by atoms with van der Waals surface area (Å²) in [4.78, 5) is 21.8. The van der Waals surface area contributed by atoms with E-state index in [2.05, 4.69) is 25.9 Å². The third-order valence-corrected chi connectivity index (χ3v) is 4.91. The lowest BCUT2D eigenvalue weighted by atomic mass is 10.2. The van der Waals surface area contributed by atoms with Crippen molar-refractivity contribution < 1.29 is 4.79 Å². The van der Waals surface area contributed by atoms with Crippen LogP contribution in [-0.4, -0.2) is 15.9 Å². The molecule has 29 heavy (non-hydrogen) atoms. The van der Waals surface area contributed by atoms with Gasteiger partial charge in [0.2, 0.25) is 5.95 Å². The van der Waals surface area contributed by atoms with Crippen LogP contribution in [0.5, 0.6) is 0 Å². The molecule has 2 heterocycles. The van der Waals surface area contributed by atoms with E-state index < -0.39 is 0 Å². The molecule has 0 bridgehead atoms. The first-order valence-corrected chi connectivity index (χ1v) is 9.93. The lowest BCUT2D eigenvalue weighted by molar-refractivity contribution is 0.103. The second-order valence-corrected chi connectivity index (χ2v) is 7.29. The summed E-state index contributed by atoms with van der Waals surface area (Å²) in [5, 5.41) is 11.2. The molecule has 0 fully saturated rings. The fourth-order valence-corrected chi connectivity index (χ4v) is 3.34. The largest absolute Gasteiger partial charge is 0.340 e. The van der Waals surface area contributed by atoms with Crippen molar-refractivity contribution in [2.24, 2.45) is 0 Å². The van der Waals surface area contributed by atoms with E-state index in [1.807, 2.05) is 79.0 Å². The average molecular weight is 401 g/mol. The van der Waals surface area contributed by atoms with Crippen molar-refractivity contribution in [3.63, 3.8) is 0 Å². The minimum atomic E-state index is -0.112. The number of anilines is 5. The number of aryl methyl sites for hydroxylation is 1. The van der Waals surface area contributed by atoms with Gasteiger partial charge in [0.1, 0.15) is 5.82 Å². The van der Waals surface area contributed by atoms with Gasteiger partial charge in [0, 0.05) is 28.8 Å². The molecule has 4 rings (SSSR count). The van der Waals surface area contributed by atoms with Crippen molar-refractivity contribution in [3.8, 4) is 0 Å². The molecule has 0 radical (unpaired) electrons. The van der Waals surface area contributed by atoms with E-state index in [0.29, 0.717) is 16.6 Å². The lowest BCUT2D eigenvalue weighted by Gasteiger charge is -2.10. The number of para-hydroxylation sites is 1. The Hall–Kier alpha value is -3.71. The van der Waals surface area contributed by atoms with Gasteiger partial charge in [0.05, 0.1) is 4.88 Å². The number of carbonyl (C=O) groups excluding carboxylic acids is 1. The fraction of sp³-hybridized carbons (Fsp3) is 0.0455. The number of amides is 1. The van der Waals surface area contributed by atoms with Gasteiger partial charge in [-0.1, -0.05) is 24.3 Å². The van der Waals surface area contributed by atoms with Crippen LogP contribution in [0.4, 0.5) is 28.8 Å². The first kappa shape index (κ1) is 18.6. The number of benzene rings is 2. The topological polar surface area (TPSA) is 78.9 Å². The molecule has 2 aromatic heterocycles. The molecular formula is C22H19N5OS. The molecule has 2 aromatic carbocycles. The van der Waals surface area contributed by atoms with Crippen LogP contribution >= 0.6 is 11.3 Å². The van der Waals surface area contributed by atoms with Crippen LogP contribution in [0, 0.1) is 6.92 Å². The Kier molecular flexibility index (Phi) is 5.49. The molecule has 3 N–H and O–H groups in total. The average Bonchev–Trinajstić information content (AvgIpc) is 3.25. The SMILES string of the molecule is Cc1cc(Nc2ccccc2)nc(Nc2ccc(NC(=O)c3cccs3)cc2)n1. The molecular weight excluding hydrogens is 382 g/mol. The molecule has 1 amide bonds. The summed E-state index contributed by atoms with van der Waals surface area (Å²) < 4.78 is 0. The van der Waals surface area contributed by atoms with Crippen LogP contribution < -0.4 is 16.0 Å². The third-order valence-electron chi connectivity index (χ3n) is 4.04. The second kappa shape index (κ2) is 8.53. The van der Waals surface area contributed by atoms with Crippen molar-refractivity contribution in [2.45, 2.75) is 6.92 Å². The molecule has 6 nitrogen and oxygen atoms in total. The zero-order chi connectivity index (χ0) is 20.1. The molecule has 0 unspecified atom stereocenters. The zero-order valence-corrected chi connectivity index (χ0v) is 16.5. The highest BCUT2D eigenvalue weighted by Crippen LogP contribution is 2.21. The maximum Gasteiger partial charge on any atom is 0.265 e. The monoisotopic (exact) mass is 401 g/mol. The van der Waals surface area contributed by atoms with Gasteiger partial charge < -0.3 is 16.0 Å². The Morgan fingerprint density at radius 2 is 1.55 bits per heavy atom. The second-order valence-electron chi connectivity index (χ2n) is 6.34. The summed E-state index contributed by atoms with van der Waals surface area (Å²) in [6.07, 6.45) is 0. The van der Waals surface area contributed by atoms with Gasteiger partial charge in [-0.3, -0.25) is 4.79 Å². The Morgan fingerprint density at radius 1 is 0.828 bits per heavy atom. The highest BCUT2D eigenvalue weighted by atomic mass is 32.1. The summed E-state index contributed by atoms with van der Waals surface area (Å²) >= 11 is 1.41. The van der Waals surface area contributed by atoms with Crippen molar-refractivity contribution in [1.82, 2.24) is 9.97 Å². The van der Waals surface area contributed by atoms with E-state index >= 15 is 0 Å². The van der Waals surface area contributed by atoms with Gasteiger partial charge in [-0.15, -0.1) is 11.3 Å². The summed E-state index contributed by atoms with van der Waals surface area (Å²) in [6, 6.07) is 22.8. The number of nitrogens with zero attached hydrogens (tertiary/aromatic N) is 2. The maximum absolute atomic E-state index is 12.1. The molecule has 0 atom stereocenters. The Bertz CT molecular complexity index is 1100. The fourth-order valence-electron chi connectivity index (χ4n) is 2.72. The van der Waals surface area contributed by atoms with Crippen LogP contribution in [0.15, 0.2) is 78.2 Å². The Balaban J connectivity index is 1.44. The highest BCUT2D eigenvalue weighted by molar-refractivity contribution is 7.12.